The number of ether oxygens (including phenoxy) is 2. The van der Waals surface area contributed by atoms with Crippen molar-refractivity contribution < 1.29 is 33.2 Å². The molecule has 2 rings (SSSR count). The fourth-order valence-corrected chi connectivity index (χ4v) is 3.19. The number of nitrogens with zero attached hydrogens (tertiary/aromatic N) is 1. The minimum atomic E-state index is -4.80. The van der Waals surface area contributed by atoms with E-state index in [1.165, 1.54) is 20.2 Å². The van der Waals surface area contributed by atoms with Crippen molar-refractivity contribution in [3.05, 3.63) is 33.1 Å². The summed E-state index contributed by atoms with van der Waals surface area (Å²) in [5.41, 5.74) is 0.604. The molecule has 25 heavy (non-hydrogen) atoms. The van der Waals surface area contributed by atoms with Gasteiger partial charge >= 0.3 is 13.5 Å². The molecule has 2 unspecified atom stereocenters. The van der Waals surface area contributed by atoms with Crippen LogP contribution in [0, 0.1) is 0 Å². The van der Waals surface area contributed by atoms with Crippen molar-refractivity contribution in [2.75, 3.05) is 7.11 Å². The van der Waals surface area contributed by atoms with Gasteiger partial charge in [0.2, 0.25) is 0 Å². The molecular weight excluding hydrogens is 363 g/mol. The van der Waals surface area contributed by atoms with E-state index in [2.05, 4.69) is 9.51 Å². The third-order valence-electron chi connectivity index (χ3n) is 3.59. The molecule has 142 valence electrons. The van der Waals surface area contributed by atoms with Crippen LogP contribution in [0.2, 0.25) is 0 Å². The van der Waals surface area contributed by atoms with Gasteiger partial charge in [0.25, 0.3) is 5.56 Å². The number of aromatic amines is 1. The molecule has 1 aromatic rings. The molecule has 0 bridgehead atoms. The number of methoxy groups -OCH3 is 1. The normalized spacial score (nSPS) is 28.2. The third-order valence-corrected chi connectivity index (χ3v) is 4.20. The highest BCUT2D eigenvalue weighted by molar-refractivity contribution is 7.46. The molecule has 14 heteroatoms. The topological polar surface area (TPSA) is 187 Å². The summed E-state index contributed by atoms with van der Waals surface area (Å²) < 4.78 is 27.7. The van der Waals surface area contributed by atoms with Crippen LogP contribution in [0.4, 0.5) is 0 Å². The summed E-state index contributed by atoms with van der Waals surface area (Å²) in [5.74, 6) is 5.16. The van der Waals surface area contributed by atoms with Crippen molar-refractivity contribution in [2.45, 2.75) is 37.6 Å². The first-order valence-corrected chi connectivity index (χ1v) is 8.56. The fraction of sp³-hybridized carbons (Fsp3) is 0.636. The monoisotopic (exact) mass is 382 g/mol. The first-order valence-electron chi connectivity index (χ1n) is 7.03. The van der Waals surface area contributed by atoms with Crippen molar-refractivity contribution in [3.8, 4) is 0 Å². The quantitative estimate of drug-likeness (QED) is 0.194. The summed E-state index contributed by atoms with van der Waals surface area (Å²) in [6, 6.07) is 1.11. The van der Waals surface area contributed by atoms with Crippen molar-refractivity contribution in [1.29, 1.82) is 0 Å². The SMILES string of the molecule is COC1C(ONN)[C@@H]([C@H](C)OP(=O)(O)O)O[C@H]1n1ccc(=O)[nH]c1=O. The van der Waals surface area contributed by atoms with E-state index in [0.29, 0.717) is 0 Å². The molecule has 1 aromatic heterocycles. The van der Waals surface area contributed by atoms with Gasteiger partial charge in [-0.05, 0) is 6.92 Å². The number of aromatic nitrogens is 2. The van der Waals surface area contributed by atoms with Crippen LogP contribution in [-0.4, -0.2) is 50.9 Å². The highest BCUT2D eigenvalue weighted by Crippen LogP contribution is 2.42. The van der Waals surface area contributed by atoms with Gasteiger partial charge in [-0.2, -0.15) is 0 Å². The second-order valence-corrected chi connectivity index (χ2v) is 6.40. The maximum atomic E-state index is 12.0. The number of hydrogen-bond donors (Lipinski definition) is 5. The second kappa shape index (κ2) is 7.86. The van der Waals surface area contributed by atoms with E-state index in [9.17, 15) is 14.2 Å². The lowest BCUT2D eigenvalue weighted by molar-refractivity contribution is -0.118. The predicted molar refractivity (Wildman–Crippen MR) is 80.8 cm³/mol. The fourth-order valence-electron chi connectivity index (χ4n) is 2.63. The Balaban J connectivity index is 2.37. The summed E-state index contributed by atoms with van der Waals surface area (Å²) in [6.45, 7) is 1.35. The van der Waals surface area contributed by atoms with Gasteiger partial charge in [-0.3, -0.25) is 23.7 Å². The van der Waals surface area contributed by atoms with Gasteiger partial charge in [-0.25, -0.2) is 15.2 Å². The number of phosphoric ester groups is 1. The zero-order valence-electron chi connectivity index (χ0n) is 13.3. The van der Waals surface area contributed by atoms with Gasteiger partial charge in [0, 0.05) is 19.4 Å². The molecule has 0 amide bonds. The lowest BCUT2D eigenvalue weighted by Crippen LogP contribution is -2.46. The zero-order valence-corrected chi connectivity index (χ0v) is 14.2. The summed E-state index contributed by atoms with van der Waals surface area (Å²) in [4.78, 5) is 48.3. The van der Waals surface area contributed by atoms with Gasteiger partial charge in [-0.15, -0.1) is 5.59 Å². The summed E-state index contributed by atoms with van der Waals surface area (Å²) in [7, 11) is -3.48. The minimum absolute atomic E-state index is 0.598. The number of phosphoric acid groups is 1. The molecular formula is C11H19N4O9P. The van der Waals surface area contributed by atoms with Crippen molar-refractivity contribution >= 4 is 7.82 Å². The molecule has 0 aromatic carbocycles. The maximum Gasteiger partial charge on any atom is 0.469 e. The Bertz CT molecular complexity index is 746. The molecule has 1 aliphatic rings. The third kappa shape index (κ3) is 4.61. The van der Waals surface area contributed by atoms with Crippen LogP contribution in [0.5, 0.6) is 0 Å². The number of nitrogens with one attached hydrogen (secondary N) is 2. The first kappa shape index (κ1) is 19.9. The van der Waals surface area contributed by atoms with Crippen LogP contribution in [0.1, 0.15) is 13.2 Å². The van der Waals surface area contributed by atoms with Crippen LogP contribution in [0.3, 0.4) is 0 Å². The van der Waals surface area contributed by atoms with Crippen LogP contribution in [0.15, 0.2) is 21.9 Å². The van der Waals surface area contributed by atoms with Crippen molar-refractivity contribution in [3.63, 3.8) is 0 Å². The highest BCUT2D eigenvalue weighted by atomic mass is 31.2. The Morgan fingerprint density at radius 1 is 1.44 bits per heavy atom. The number of hydrazine groups is 1. The van der Waals surface area contributed by atoms with E-state index >= 15 is 0 Å². The van der Waals surface area contributed by atoms with Crippen molar-refractivity contribution in [2.24, 2.45) is 5.84 Å². The molecule has 2 heterocycles. The number of H-pyrrole nitrogens is 1. The molecule has 1 aliphatic heterocycles. The summed E-state index contributed by atoms with van der Waals surface area (Å²) >= 11 is 0. The van der Waals surface area contributed by atoms with Gasteiger partial charge in [-0.1, -0.05) is 0 Å². The van der Waals surface area contributed by atoms with Crippen LogP contribution >= 0.6 is 7.82 Å². The second-order valence-electron chi connectivity index (χ2n) is 5.21. The van der Waals surface area contributed by atoms with E-state index in [1.807, 2.05) is 5.59 Å². The van der Waals surface area contributed by atoms with E-state index in [0.717, 1.165) is 10.6 Å². The number of rotatable bonds is 7. The largest absolute Gasteiger partial charge is 0.469 e. The number of nitrogens with two attached hydrogens (primary N) is 1. The molecule has 1 saturated heterocycles. The average molecular weight is 382 g/mol. The zero-order chi connectivity index (χ0) is 18.8. The lowest BCUT2D eigenvalue weighted by Gasteiger charge is -2.25. The van der Waals surface area contributed by atoms with Gasteiger partial charge in [0.05, 0.1) is 6.10 Å². The molecule has 0 spiro atoms. The summed E-state index contributed by atoms with van der Waals surface area (Å²) in [5, 5.41) is 0. The standard InChI is InChI=1S/C11H19N4O9P/c1-5(24-25(18,19)20)7-8(23-14-12)9(21-2)10(22-7)15-4-3-6(16)13-11(15)17/h3-5,7-10,14H,12H2,1-2H3,(H,13,16,17)(H2,18,19,20)/t5-,7+,8?,9?,10+/m0/s1. The summed E-state index contributed by atoms with van der Waals surface area (Å²) in [6.07, 6.45) is -3.96. The molecule has 1 fully saturated rings. The van der Waals surface area contributed by atoms with E-state index in [4.69, 9.17) is 29.9 Å². The predicted octanol–water partition coefficient (Wildman–Crippen LogP) is -2.29. The molecule has 0 aliphatic carbocycles. The first-order chi connectivity index (χ1) is 11.7. The lowest BCUT2D eigenvalue weighted by atomic mass is 10.1. The van der Waals surface area contributed by atoms with E-state index in [-0.39, 0.29) is 0 Å². The van der Waals surface area contributed by atoms with E-state index in [1.54, 1.807) is 0 Å². The Labute approximate surface area is 140 Å². The minimum Gasteiger partial charge on any atom is -0.374 e. The molecule has 6 N–H and O–H groups in total. The van der Waals surface area contributed by atoms with Gasteiger partial charge in [0.1, 0.15) is 18.3 Å². The highest BCUT2D eigenvalue weighted by Gasteiger charge is 2.51. The van der Waals surface area contributed by atoms with Crippen LogP contribution in [-0.2, 0) is 23.4 Å². The Morgan fingerprint density at radius 3 is 2.64 bits per heavy atom. The molecule has 0 saturated carbocycles. The van der Waals surface area contributed by atoms with Crippen LogP contribution in [0.25, 0.3) is 0 Å². The van der Waals surface area contributed by atoms with Gasteiger partial charge < -0.3 is 19.3 Å². The van der Waals surface area contributed by atoms with Crippen molar-refractivity contribution in [1.82, 2.24) is 15.1 Å². The van der Waals surface area contributed by atoms with Gasteiger partial charge in [0.15, 0.2) is 6.23 Å². The Morgan fingerprint density at radius 2 is 2.12 bits per heavy atom. The smallest absolute Gasteiger partial charge is 0.374 e. The molecule has 13 nitrogen and oxygen atoms in total. The van der Waals surface area contributed by atoms with E-state index < -0.39 is 49.7 Å². The average Bonchev–Trinajstić information content (AvgIpc) is 2.84. The Hall–Kier alpha value is -1.41. The maximum absolute atomic E-state index is 12.0. The molecule has 0 radical (unpaired) electrons. The van der Waals surface area contributed by atoms with Crippen LogP contribution < -0.4 is 22.7 Å². The number of hydrogen-bond acceptors (Lipinski definition) is 9. The Kier molecular flexibility index (Phi) is 6.26. The molecule has 5 atom stereocenters.